The Bertz CT molecular complexity index is 3560. The van der Waals surface area contributed by atoms with Gasteiger partial charge in [-0.2, -0.15) is 0 Å². The average molecular weight is 779 g/mol. The van der Waals surface area contributed by atoms with Crippen LogP contribution in [0, 0.1) is 0 Å². The molecule has 3 nitrogen and oxygen atoms in total. The minimum absolute atomic E-state index is 0.868. The number of furan rings is 1. The van der Waals surface area contributed by atoms with E-state index in [-0.39, 0.29) is 0 Å². The van der Waals surface area contributed by atoms with E-state index in [1.165, 1.54) is 60.4 Å². The van der Waals surface area contributed by atoms with Gasteiger partial charge in [0.15, 0.2) is 5.58 Å². The molecule has 0 aliphatic heterocycles. The first-order chi connectivity index (χ1) is 30.2. The van der Waals surface area contributed by atoms with Crippen LogP contribution in [0.5, 0.6) is 0 Å². The third kappa shape index (κ3) is 5.90. The molecule has 3 heteroatoms. The van der Waals surface area contributed by atoms with Gasteiger partial charge in [-0.25, -0.2) is 0 Å². The maximum atomic E-state index is 6.79. The quantitative estimate of drug-likeness (QED) is 0.161. The summed E-state index contributed by atoms with van der Waals surface area (Å²) in [5.74, 6) is 0. The fourth-order valence-electron chi connectivity index (χ4n) is 9.27. The van der Waals surface area contributed by atoms with E-state index in [4.69, 9.17) is 4.42 Å². The SMILES string of the molecule is c1ccc(-c2ccc(N(c3ccc(-c4cccc(-c5ccc6c(c5)c5ccccc5n6-c5ccccc5)c4)cc3)c3cc4ccccc4c4c3oc3ccccc34)cc2)cc1. The van der Waals surface area contributed by atoms with E-state index < -0.39 is 0 Å². The highest BCUT2D eigenvalue weighted by molar-refractivity contribution is 6.23. The van der Waals surface area contributed by atoms with Crippen molar-refractivity contribution in [3.63, 3.8) is 0 Å². The topological polar surface area (TPSA) is 21.3 Å². The predicted molar refractivity (Wildman–Crippen MR) is 257 cm³/mol. The summed E-state index contributed by atoms with van der Waals surface area (Å²) in [5.41, 5.74) is 15.5. The smallest absolute Gasteiger partial charge is 0.160 e. The molecule has 0 saturated carbocycles. The van der Waals surface area contributed by atoms with Crippen molar-refractivity contribution < 1.29 is 4.42 Å². The molecule has 0 aliphatic carbocycles. The Balaban J connectivity index is 0.964. The normalized spacial score (nSPS) is 11.6. The Morgan fingerprint density at radius 1 is 0.344 bits per heavy atom. The summed E-state index contributed by atoms with van der Waals surface area (Å²) in [6, 6.07) is 82.8. The summed E-state index contributed by atoms with van der Waals surface area (Å²) in [6.45, 7) is 0. The van der Waals surface area contributed by atoms with E-state index >= 15 is 0 Å². The van der Waals surface area contributed by atoms with Gasteiger partial charge in [-0.1, -0.05) is 158 Å². The minimum Gasteiger partial charge on any atom is -0.454 e. The van der Waals surface area contributed by atoms with Crippen LogP contribution >= 0.6 is 0 Å². The second-order valence-corrected chi connectivity index (χ2v) is 15.7. The van der Waals surface area contributed by atoms with E-state index in [1.807, 2.05) is 6.07 Å². The van der Waals surface area contributed by atoms with Gasteiger partial charge in [-0.05, 0) is 117 Å². The van der Waals surface area contributed by atoms with Crippen LogP contribution in [0.25, 0.3) is 93.6 Å². The van der Waals surface area contributed by atoms with Crippen LogP contribution in [0.15, 0.2) is 235 Å². The summed E-state index contributed by atoms with van der Waals surface area (Å²) in [6.07, 6.45) is 0. The van der Waals surface area contributed by atoms with Crippen molar-refractivity contribution in [2.24, 2.45) is 0 Å². The molecule has 0 saturated heterocycles. The number of para-hydroxylation sites is 3. The molecule has 0 radical (unpaired) electrons. The summed E-state index contributed by atoms with van der Waals surface area (Å²) in [7, 11) is 0. The maximum Gasteiger partial charge on any atom is 0.160 e. The Hall–Kier alpha value is -8.14. The van der Waals surface area contributed by atoms with E-state index in [0.717, 1.165) is 50.3 Å². The molecule has 2 heterocycles. The van der Waals surface area contributed by atoms with E-state index in [9.17, 15) is 0 Å². The number of rotatable bonds is 7. The number of anilines is 3. The summed E-state index contributed by atoms with van der Waals surface area (Å²) < 4.78 is 9.15. The highest BCUT2D eigenvalue weighted by atomic mass is 16.3. The van der Waals surface area contributed by atoms with Crippen molar-refractivity contribution >= 4 is 71.6 Å². The third-order valence-electron chi connectivity index (χ3n) is 12.2. The van der Waals surface area contributed by atoms with Crippen molar-refractivity contribution in [1.82, 2.24) is 4.57 Å². The summed E-state index contributed by atoms with van der Waals surface area (Å²) in [4.78, 5) is 2.34. The van der Waals surface area contributed by atoms with Gasteiger partial charge in [-0.3, -0.25) is 0 Å². The molecule has 0 bridgehead atoms. The molecule has 0 amide bonds. The second kappa shape index (κ2) is 14.3. The molecule has 61 heavy (non-hydrogen) atoms. The molecule has 0 aliphatic rings. The average Bonchev–Trinajstić information content (AvgIpc) is 3.89. The first kappa shape index (κ1) is 34.9. The number of nitrogens with zero attached hydrogens (tertiary/aromatic N) is 2. The van der Waals surface area contributed by atoms with Crippen molar-refractivity contribution in [2.45, 2.75) is 0 Å². The molecule has 0 spiro atoms. The van der Waals surface area contributed by atoms with E-state index in [1.54, 1.807) is 0 Å². The predicted octanol–water partition coefficient (Wildman–Crippen LogP) is 16.3. The molecule has 286 valence electrons. The van der Waals surface area contributed by atoms with Gasteiger partial charge in [0, 0.05) is 38.6 Å². The highest BCUT2D eigenvalue weighted by Crippen LogP contribution is 2.46. The number of hydrogen-bond donors (Lipinski definition) is 0. The molecule has 0 unspecified atom stereocenters. The van der Waals surface area contributed by atoms with Gasteiger partial charge in [0.1, 0.15) is 5.58 Å². The van der Waals surface area contributed by atoms with Gasteiger partial charge in [0.25, 0.3) is 0 Å². The van der Waals surface area contributed by atoms with Crippen LogP contribution in [0.4, 0.5) is 17.1 Å². The Kier molecular flexibility index (Phi) is 8.17. The highest BCUT2D eigenvalue weighted by Gasteiger charge is 2.22. The summed E-state index contributed by atoms with van der Waals surface area (Å²) >= 11 is 0. The van der Waals surface area contributed by atoms with Crippen molar-refractivity contribution in [3.05, 3.63) is 231 Å². The summed E-state index contributed by atoms with van der Waals surface area (Å²) in [5, 5.41) is 7.09. The molecule has 12 rings (SSSR count). The molecule has 0 fully saturated rings. The Labute approximate surface area is 353 Å². The lowest BCUT2D eigenvalue weighted by Crippen LogP contribution is -2.10. The number of fused-ring (bicyclic) bond motifs is 8. The zero-order valence-corrected chi connectivity index (χ0v) is 33.2. The Morgan fingerprint density at radius 3 is 1.62 bits per heavy atom. The lowest BCUT2D eigenvalue weighted by atomic mass is 9.97. The lowest BCUT2D eigenvalue weighted by molar-refractivity contribution is 0.669. The first-order valence-corrected chi connectivity index (χ1v) is 20.8. The van der Waals surface area contributed by atoms with Gasteiger partial charge < -0.3 is 13.9 Å². The molecule has 0 N–H and O–H groups in total. The lowest BCUT2D eigenvalue weighted by Gasteiger charge is -2.26. The van der Waals surface area contributed by atoms with Crippen LogP contribution in [0.2, 0.25) is 0 Å². The van der Waals surface area contributed by atoms with Crippen molar-refractivity contribution in [3.8, 4) is 39.1 Å². The fourth-order valence-corrected chi connectivity index (χ4v) is 9.27. The third-order valence-corrected chi connectivity index (χ3v) is 12.2. The molecule has 10 aromatic carbocycles. The molecule has 12 aromatic rings. The monoisotopic (exact) mass is 778 g/mol. The number of aromatic nitrogens is 1. The fraction of sp³-hybridized carbons (Fsp3) is 0. The van der Waals surface area contributed by atoms with Crippen molar-refractivity contribution in [1.29, 1.82) is 0 Å². The second-order valence-electron chi connectivity index (χ2n) is 15.7. The zero-order valence-electron chi connectivity index (χ0n) is 33.2. The molecule has 2 aromatic heterocycles. The van der Waals surface area contributed by atoms with E-state index in [0.29, 0.717) is 0 Å². The Morgan fingerprint density at radius 2 is 0.869 bits per heavy atom. The largest absolute Gasteiger partial charge is 0.454 e. The van der Waals surface area contributed by atoms with Gasteiger partial charge in [0.05, 0.1) is 16.7 Å². The van der Waals surface area contributed by atoms with Crippen LogP contribution in [-0.2, 0) is 0 Å². The number of hydrogen-bond acceptors (Lipinski definition) is 2. The van der Waals surface area contributed by atoms with Gasteiger partial charge in [-0.15, -0.1) is 0 Å². The van der Waals surface area contributed by atoms with Crippen LogP contribution in [-0.4, -0.2) is 4.57 Å². The zero-order chi connectivity index (χ0) is 40.3. The first-order valence-electron chi connectivity index (χ1n) is 20.8. The van der Waals surface area contributed by atoms with Crippen molar-refractivity contribution in [2.75, 3.05) is 4.90 Å². The van der Waals surface area contributed by atoms with E-state index in [2.05, 4.69) is 234 Å². The molecule has 0 atom stereocenters. The maximum absolute atomic E-state index is 6.79. The van der Waals surface area contributed by atoms with Gasteiger partial charge in [0.2, 0.25) is 0 Å². The van der Waals surface area contributed by atoms with Crippen LogP contribution in [0.3, 0.4) is 0 Å². The number of benzene rings is 10. The molecular formula is C58H38N2O. The van der Waals surface area contributed by atoms with Crippen LogP contribution in [0.1, 0.15) is 0 Å². The molecular weight excluding hydrogens is 741 g/mol. The standard InChI is InChI=1S/C58H38N2O/c1-3-14-39(15-4-1)40-26-31-47(32-27-40)59(55-38-45-16-7-8-21-49(45)57-51-23-10-12-25-56(51)61-58(55)57)48-33-28-41(29-34-48)42-17-13-18-43(36-42)44-30-35-54-52(37-44)50-22-9-11-24-53(50)60(54)46-19-5-2-6-20-46/h1-38H. The van der Waals surface area contributed by atoms with Gasteiger partial charge >= 0.3 is 0 Å². The minimum atomic E-state index is 0.868. The van der Waals surface area contributed by atoms with Crippen LogP contribution < -0.4 is 4.90 Å².